The SMILES string of the molecule is CC(C)c1cc2ccc(=O)[nH]c2cc1C(C)C. The Kier molecular flexibility index (Phi) is 3.05. The quantitative estimate of drug-likeness (QED) is 0.835. The topological polar surface area (TPSA) is 32.9 Å². The Morgan fingerprint density at radius 3 is 2.12 bits per heavy atom. The molecule has 2 aromatic rings. The lowest BCUT2D eigenvalue weighted by atomic mass is 9.89. The van der Waals surface area contributed by atoms with Crippen LogP contribution in [0.2, 0.25) is 0 Å². The van der Waals surface area contributed by atoms with Crippen LogP contribution in [0.1, 0.15) is 50.7 Å². The van der Waals surface area contributed by atoms with Gasteiger partial charge in [-0.2, -0.15) is 0 Å². The van der Waals surface area contributed by atoms with E-state index in [4.69, 9.17) is 0 Å². The minimum Gasteiger partial charge on any atom is -0.322 e. The van der Waals surface area contributed by atoms with Crippen molar-refractivity contribution in [3.63, 3.8) is 0 Å². The number of fused-ring (bicyclic) bond motifs is 1. The van der Waals surface area contributed by atoms with E-state index in [1.54, 1.807) is 6.07 Å². The lowest BCUT2D eigenvalue weighted by Crippen LogP contribution is -2.05. The van der Waals surface area contributed by atoms with Crippen molar-refractivity contribution in [2.45, 2.75) is 39.5 Å². The zero-order valence-corrected chi connectivity index (χ0v) is 10.9. The molecule has 2 rings (SSSR count). The van der Waals surface area contributed by atoms with Crippen LogP contribution in [0.5, 0.6) is 0 Å². The minimum absolute atomic E-state index is 0.0375. The molecule has 0 aliphatic carbocycles. The van der Waals surface area contributed by atoms with E-state index in [1.165, 1.54) is 11.1 Å². The number of aromatic nitrogens is 1. The number of nitrogens with one attached hydrogen (secondary N) is 1. The predicted octanol–water partition coefficient (Wildman–Crippen LogP) is 3.77. The van der Waals surface area contributed by atoms with E-state index in [9.17, 15) is 4.79 Å². The number of hydrogen-bond acceptors (Lipinski definition) is 1. The van der Waals surface area contributed by atoms with Crippen LogP contribution >= 0.6 is 0 Å². The molecular weight excluding hydrogens is 210 g/mol. The zero-order chi connectivity index (χ0) is 12.6. The van der Waals surface area contributed by atoms with E-state index < -0.39 is 0 Å². The molecular formula is C15H19NO. The third-order valence-corrected chi connectivity index (χ3v) is 3.17. The largest absolute Gasteiger partial charge is 0.322 e. The van der Waals surface area contributed by atoms with Crippen LogP contribution < -0.4 is 5.56 Å². The van der Waals surface area contributed by atoms with Gasteiger partial charge in [0, 0.05) is 11.6 Å². The van der Waals surface area contributed by atoms with Gasteiger partial charge in [-0.25, -0.2) is 0 Å². The smallest absolute Gasteiger partial charge is 0.248 e. The highest BCUT2D eigenvalue weighted by Gasteiger charge is 2.11. The average Bonchev–Trinajstić information content (AvgIpc) is 2.26. The van der Waals surface area contributed by atoms with Crippen molar-refractivity contribution in [2.24, 2.45) is 0 Å². The van der Waals surface area contributed by atoms with Crippen molar-refractivity contribution in [3.05, 3.63) is 45.7 Å². The molecule has 0 unspecified atom stereocenters. The van der Waals surface area contributed by atoms with E-state index in [0.717, 1.165) is 10.9 Å². The van der Waals surface area contributed by atoms with Gasteiger partial charge in [-0.05, 0) is 46.5 Å². The molecule has 2 heteroatoms. The average molecular weight is 229 g/mol. The first-order valence-electron chi connectivity index (χ1n) is 6.16. The van der Waals surface area contributed by atoms with E-state index in [0.29, 0.717) is 11.8 Å². The molecule has 1 aromatic heterocycles. The van der Waals surface area contributed by atoms with Crippen molar-refractivity contribution in [3.8, 4) is 0 Å². The molecule has 90 valence electrons. The van der Waals surface area contributed by atoms with E-state index in [-0.39, 0.29) is 5.56 Å². The normalized spacial score (nSPS) is 11.6. The van der Waals surface area contributed by atoms with Crippen LogP contribution in [0.25, 0.3) is 10.9 Å². The van der Waals surface area contributed by atoms with Gasteiger partial charge in [0.05, 0.1) is 0 Å². The highest BCUT2D eigenvalue weighted by Crippen LogP contribution is 2.29. The Balaban J connectivity index is 2.77. The number of rotatable bonds is 2. The Labute approximate surface area is 102 Å². The van der Waals surface area contributed by atoms with Gasteiger partial charge in [-0.3, -0.25) is 4.79 Å². The first-order chi connectivity index (χ1) is 7.99. The van der Waals surface area contributed by atoms with Crippen LogP contribution in [0, 0.1) is 0 Å². The van der Waals surface area contributed by atoms with Crippen LogP contribution in [-0.2, 0) is 0 Å². The number of benzene rings is 1. The predicted molar refractivity (Wildman–Crippen MR) is 72.7 cm³/mol. The lowest BCUT2D eigenvalue weighted by molar-refractivity contribution is 0.792. The minimum atomic E-state index is -0.0375. The maximum atomic E-state index is 11.3. The van der Waals surface area contributed by atoms with Gasteiger partial charge < -0.3 is 4.98 Å². The van der Waals surface area contributed by atoms with E-state index >= 15 is 0 Å². The summed E-state index contributed by atoms with van der Waals surface area (Å²) in [5, 5.41) is 1.11. The summed E-state index contributed by atoms with van der Waals surface area (Å²) in [6.07, 6.45) is 0. The number of H-pyrrole nitrogens is 1. The monoisotopic (exact) mass is 229 g/mol. The number of aromatic amines is 1. The van der Waals surface area contributed by atoms with Gasteiger partial charge in [0.15, 0.2) is 0 Å². The van der Waals surface area contributed by atoms with Crippen molar-refractivity contribution >= 4 is 10.9 Å². The van der Waals surface area contributed by atoms with Gasteiger partial charge in [-0.15, -0.1) is 0 Å². The zero-order valence-electron chi connectivity index (χ0n) is 10.9. The molecule has 0 saturated heterocycles. The molecule has 0 amide bonds. The van der Waals surface area contributed by atoms with Crippen LogP contribution in [-0.4, -0.2) is 4.98 Å². The first kappa shape index (κ1) is 11.9. The fourth-order valence-corrected chi connectivity index (χ4v) is 2.24. The second-order valence-corrected chi connectivity index (χ2v) is 5.20. The Bertz CT molecular complexity index is 593. The molecule has 0 bridgehead atoms. The van der Waals surface area contributed by atoms with Crippen molar-refractivity contribution in [2.75, 3.05) is 0 Å². The van der Waals surface area contributed by atoms with Gasteiger partial charge in [0.1, 0.15) is 0 Å². The molecule has 0 aliphatic heterocycles. The van der Waals surface area contributed by atoms with Crippen molar-refractivity contribution in [1.82, 2.24) is 4.98 Å². The molecule has 1 N–H and O–H groups in total. The summed E-state index contributed by atoms with van der Waals surface area (Å²) in [6.45, 7) is 8.79. The maximum absolute atomic E-state index is 11.3. The highest BCUT2D eigenvalue weighted by atomic mass is 16.1. The standard InChI is InChI=1S/C15H19NO/c1-9(2)12-7-11-5-6-15(17)16-14(11)8-13(12)10(3)4/h5-10H,1-4H3,(H,16,17). The second-order valence-electron chi connectivity index (χ2n) is 5.20. The molecule has 0 atom stereocenters. The maximum Gasteiger partial charge on any atom is 0.248 e. The summed E-state index contributed by atoms with van der Waals surface area (Å²) in [7, 11) is 0. The number of pyridine rings is 1. The highest BCUT2D eigenvalue weighted by molar-refractivity contribution is 5.80. The van der Waals surface area contributed by atoms with Crippen LogP contribution in [0.15, 0.2) is 29.1 Å². The van der Waals surface area contributed by atoms with Gasteiger partial charge in [0.2, 0.25) is 5.56 Å². The van der Waals surface area contributed by atoms with E-state index in [2.05, 4.69) is 44.8 Å². The Hall–Kier alpha value is -1.57. The molecule has 0 saturated carbocycles. The van der Waals surface area contributed by atoms with Crippen LogP contribution in [0.3, 0.4) is 0 Å². The molecule has 0 aliphatic rings. The summed E-state index contributed by atoms with van der Waals surface area (Å²) in [4.78, 5) is 14.2. The molecule has 1 aromatic carbocycles. The summed E-state index contributed by atoms with van der Waals surface area (Å²) >= 11 is 0. The van der Waals surface area contributed by atoms with Gasteiger partial charge in [0.25, 0.3) is 0 Å². The second kappa shape index (κ2) is 4.36. The fraction of sp³-hybridized carbons (Fsp3) is 0.400. The first-order valence-corrected chi connectivity index (χ1v) is 6.16. The molecule has 2 nitrogen and oxygen atoms in total. The molecule has 0 radical (unpaired) electrons. The third-order valence-electron chi connectivity index (χ3n) is 3.17. The summed E-state index contributed by atoms with van der Waals surface area (Å²) in [5.41, 5.74) is 3.60. The summed E-state index contributed by atoms with van der Waals surface area (Å²) in [6, 6.07) is 7.80. The van der Waals surface area contributed by atoms with E-state index in [1.807, 2.05) is 6.07 Å². The number of hydrogen-bond donors (Lipinski definition) is 1. The van der Waals surface area contributed by atoms with Gasteiger partial charge in [-0.1, -0.05) is 27.7 Å². The summed E-state index contributed by atoms with van der Waals surface area (Å²) < 4.78 is 0. The van der Waals surface area contributed by atoms with Crippen LogP contribution in [0.4, 0.5) is 0 Å². The summed E-state index contributed by atoms with van der Waals surface area (Å²) in [5.74, 6) is 0.976. The molecule has 0 spiro atoms. The molecule has 0 fully saturated rings. The molecule has 1 heterocycles. The lowest BCUT2D eigenvalue weighted by Gasteiger charge is -2.17. The third kappa shape index (κ3) is 2.26. The fourth-order valence-electron chi connectivity index (χ4n) is 2.24. The Morgan fingerprint density at radius 1 is 0.941 bits per heavy atom. The van der Waals surface area contributed by atoms with Crippen molar-refractivity contribution in [1.29, 1.82) is 0 Å². The van der Waals surface area contributed by atoms with Crippen molar-refractivity contribution < 1.29 is 0 Å². The molecule has 17 heavy (non-hydrogen) atoms. The van der Waals surface area contributed by atoms with Gasteiger partial charge >= 0.3 is 0 Å². The Morgan fingerprint density at radius 2 is 1.53 bits per heavy atom.